The minimum absolute atomic E-state index is 0.142. The Labute approximate surface area is 128 Å². The average Bonchev–Trinajstić information content (AvgIpc) is 2.47. The van der Waals surface area contributed by atoms with Gasteiger partial charge in [0.05, 0.1) is 19.3 Å². The molecule has 1 N–H and O–H groups in total. The van der Waals surface area contributed by atoms with Crippen molar-refractivity contribution in [2.24, 2.45) is 0 Å². The van der Waals surface area contributed by atoms with Gasteiger partial charge in [-0.05, 0) is 26.0 Å². The molecule has 0 spiro atoms. The molecule has 0 saturated heterocycles. The highest BCUT2D eigenvalue weighted by molar-refractivity contribution is 5.70. The van der Waals surface area contributed by atoms with Crippen LogP contribution in [-0.4, -0.2) is 18.2 Å². The lowest BCUT2D eigenvalue weighted by Gasteiger charge is -2.12. The zero-order valence-electron chi connectivity index (χ0n) is 12.6. The first-order valence-corrected chi connectivity index (χ1v) is 6.71. The SMILES string of the molecule is COc1c(C)cnc(CNC(=O)Oc2cccc(F)c2)c1C. The Morgan fingerprint density at radius 1 is 1.36 bits per heavy atom. The molecule has 0 fully saturated rings. The number of hydrogen-bond acceptors (Lipinski definition) is 4. The molecule has 2 aromatic rings. The average molecular weight is 304 g/mol. The quantitative estimate of drug-likeness (QED) is 0.942. The van der Waals surface area contributed by atoms with Gasteiger partial charge in [-0.3, -0.25) is 4.98 Å². The lowest BCUT2D eigenvalue weighted by atomic mass is 10.1. The van der Waals surface area contributed by atoms with E-state index in [1.54, 1.807) is 13.3 Å². The van der Waals surface area contributed by atoms with Crippen LogP contribution in [0, 0.1) is 19.7 Å². The number of rotatable bonds is 4. The summed E-state index contributed by atoms with van der Waals surface area (Å²) in [5.41, 5.74) is 2.46. The predicted octanol–water partition coefficient (Wildman–Crippen LogP) is 3.13. The van der Waals surface area contributed by atoms with Gasteiger partial charge in [0.25, 0.3) is 0 Å². The highest BCUT2D eigenvalue weighted by Gasteiger charge is 2.11. The fraction of sp³-hybridized carbons (Fsp3) is 0.250. The second kappa shape index (κ2) is 6.89. The maximum absolute atomic E-state index is 13.0. The molecule has 22 heavy (non-hydrogen) atoms. The smallest absolute Gasteiger partial charge is 0.412 e. The maximum atomic E-state index is 13.0. The summed E-state index contributed by atoms with van der Waals surface area (Å²) in [7, 11) is 1.59. The largest absolute Gasteiger partial charge is 0.496 e. The van der Waals surface area contributed by atoms with Gasteiger partial charge >= 0.3 is 6.09 Å². The Bertz CT molecular complexity index is 689. The molecule has 1 heterocycles. The number of carbonyl (C=O) groups is 1. The van der Waals surface area contributed by atoms with E-state index >= 15 is 0 Å². The third-order valence-electron chi connectivity index (χ3n) is 3.16. The number of hydrogen-bond donors (Lipinski definition) is 1. The Kier molecular flexibility index (Phi) is 4.93. The van der Waals surface area contributed by atoms with Crippen molar-refractivity contribution in [3.8, 4) is 11.5 Å². The van der Waals surface area contributed by atoms with E-state index in [0.717, 1.165) is 22.9 Å². The summed E-state index contributed by atoms with van der Waals surface area (Å²) in [6, 6.07) is 5.38. The van der Waals surface area contributed by atoms with Crippen molar-refractivity contribution in [3.05, 3.63) is 53.1 Å². The van der Waals surface area contributed by atoms with Crippen molar-refractivity contribution < 1.29 is 18.7 Å². The Hall–Kier alpha value is -2.63. The Morgan fingerprint density at radius 2 is 2.14 bits per heavy atom. The van der Waals surface area contributed by atoms with Gasteiger partial charge in [0.15, 0.2) is 0 Å². The predicted molar refractivity (Wildman–Crippen MR) is 79.5 cm³/mol. The van der Waals surface area contributed by atoms with Crippen LogP contribution in [-0.2, 0) is 6.54 Å². The summed E-state index contributed by atoms with van der Waals surface area (Å²) in [6.07, 6.45) is 1.01. The molecule has 0 aliphatic carbocycles. The van der Waals surface area contributed by atoms with E-state index in [9.17, 15) is 9.18 Å². The highest BCUT2D eigenvalue weighted by Crippen LogP contribution is 2.23. The van der Waals surface area contributed by atoms with Gasteiger partial charge in [0.1, 0.15) is 17.3 Å². The molecule has 6 heteroatoms. The van der Waals surface area contributed by atoms with E-state index in [-0.39, 0.29) is 12.3 Å². The molecule has 0 radical (unpaired) electrons. The number of benzene rings is 1. The molecule has 2 rings (SSSR count). The first-order chi connectivity index (χ1) is 10.5. The zero-order chi connectivity index (χ0) is 16.1. The summed E-state index contributed by atoms with van der Waals surface area (Å²) in [6.45, 7) is 3.96. The maximum Gasteiger partial charge on any atom is 0.412 e. The summed E-state index contributed by atoms with van der Waals surface area (Å²) < 4.78 is 23.3. The molecular formula is C16H17FN2O3. The number of aromatic nitrogens is 1. The normalized spacial score (nSPS) is 10.2. The second-order valence-electron chi connectivity index (χ2n) is 4.75. The van der Waals surface area contributed by atoms with E-state index in [1.165, 1.54) is 18.2 Å². The fourth-order valence-corrected chi connectivity index (χ4v) is 2.08. The van der Waals surface area contributed by atoms with Gasteiger partial charge in [-0.1, -0.05) is 6.07 Å². The molecule has 1 aromatic heterocycles. The molecule has 0 aliphatic heterocycles. The Balaban J connectivity index is 2.00. The summed E-state index contributed by atoms with van der Waals surface area (Å²) in [5.74, 6) is 0.417. The monoisotopic (exact) mass is 304 g/mol. The number of amides is 1. The van der Waals surface area contributed by atoms with Crippen LogP contribution in [0.1, 0.15) is 16.8 Å². The van der Waals surface area contributed by atoms with Gasteiger partial charge in [-0.25, -0.2) is 9.18 Å². The number of halogens is 1. The van der Waals surface area contributed by atoms with Crippen molar-refractivity contribution in [1.82, 2.24) is 10.3 Å². The molecule has 1 amide bonds. The number of ether oxygens (including phenoxy) is 2. The second-order valence-corrected chi connectivity index (χ2v) is 4.75. The first kappa shape index (κ1) is 15.8. The van der Waals surface area contributed by atoms with Gasteiger partial charge in [-0.2, -0.15) is 0 Å². The van der Waals surface area contributed by atoms with Crippen LogP contribution in [0.3, 0.4) is 0 Å². The minimum atomic E-state index is -0.675. The third kappa shape index (κ3) is 3.72. The van der Waals surface area contributed by atoms with Crippen LogP contribution in [0.5, 0.6) is 11.5 Å². The highest BCUT2D eigenvalue weighted by atomic mass is 19.1. The summed E-state index contributed by atoms with van der Waals surface area (Å²) in [5, 5.41) is 2.58. The van der Waals surface area contributed by atoms with Crippen molar-refractivity contribution in [3.63, 3.8) is 0 Å². The topological polar surface area (TPSA) is 60.5 Å². The van der Waals surface area contributed by atoms with Gasteiger partial charge < -0.3 is 14.8 Å². The summed E-state index contributed by atoms with van der Waals surface area (Å²) >= 11 is 0. The molecule has 0 unspecified atom stereocenters. The lowest BCUT2D eigenvalue weighted by Crippen LogP contribution is -2.27. The van der Waals surface area contributed by atoms with E-state index in [0.29, 0.717) is 5.69 Å². The molecule has 0 atom stereocenters. The van der Waals surface area contributed by atoms with Gasteiger partial charge in [0.2, 0.25) is 0 Å². The van der Waals surface area contributed by atoms with E-state index in [1.807, 2.05) is 13.8 Å². The van der Waals surface area contributed by atoms with Crippen molar-refractivity contribution in [2.75, 3.05) is 7.11 Å². The summed E-state index contributed by atoms with van der Waals surface area (Å²) in [4.78, 5) is 16.0. The molecule has 1 aromatic carbocycles. The minimum Gasteiger partial charge on any atom is -0.496 e. The standard InChI is InChI=1S/C16H17FN2O3/c1-10-8-18-14(11(2)15(10)21-3)9-19-16(20)22-13-6-4-5-12(17)7-13/h4-8H,9H2,1-3H3,(H,19,20). The number of methoxy groups -OCH3 is 1. The first-order valence-electron chi connectivity index (χ1n) is 6.71. The molecule has 0 bridgehead atoms. The molecule has 0 saturated carbocycles. The Morgan fingerprint density at radius 3 is 2.82 bits per heavy atom. The lowest BCUT2D eigenvalue weighted by molar-refractivity contribution is 0.199. The van der Waals surface area contributed by atoms with Gasteiger partial charge in [0, 0.05) is 23.4 Å². The zero-order valence-corrected chi connectivity index (χ0v) is 12.6. The van der Waals surface area contributed by atoms with Gasteiger partial charge in [-0.15, -0.1) is 0 Å². The van der Waals surface area contributed by atoms with Crippen LogP contribution < -0.4 is 14.8 Å². The fourth-order valence-electron chi connectivity index (χ4n) is 2.08. The van der Waals surface area contributed by atoms with Crippen LogP contribution in [0.2, 0.25) is 0 Å². The number of nitrogens with zero attached hydrogens (tertiary/aromatic N) is 1. The van der Waals surface area contributed by atoms with E-state index < -0.39 is 11.9 Å². The number of nitrogens with one attached hydrogen (secondary N) is 1. The molecule has 5 nitrogen and oxygen atoms in total. The molecular weight excluding hydrogens is 287 g/mol. The van der Waals surface area contributed by atoms with Crippen LogP contribution in [0.25, 0.3) is 0 Å². The molecule has 116 valence electrons. The van der Waals surface area contributed by atoms with Crippen LogP contribution in [0.15, 0.2) is 30.5 Å². The molecule has 0 aliphatic rings. The third-order valence-corrected chi connectivity index (χ3v) is 3.16. The number of aryl methyl sites for hydroxylation is 1. The van der Waals surface area contributed by atoms with Crippen molar-refractivity contribution in [1.29, 1.82) is 0 Å². The number of pyridine rings is 1. The van der Waals surface area contributed by atoms with Crippen molar-refractivity contribution in [2.45, 2.75) is 20.4 Å². The van der Waals surface area contributed by atoms with Crippen molar-refractivity contribution >= 4 is 6.09 Å². The van der Waals surface area contributed by atoms with E-state index in [2.05, 4.69) is 10.3 Å². The van der Waals surface area contributed by atoms with Crippen LogP contribution >= 0.6 is 0 Å². The number of carbonyl (C=O) groups excluding carboxylic acids is 1. The van der Waals surface area contributed by atoms with Crippen LogP contribution in [0.4, 0.5) is 9.18 Å². The van der Waals surface area contributed by atoms with E-state index in [4.69, 9.17) is 9.47 Å².